The molecule has 1 nitrogen and oxygen atoms in total. The van der Waals surface area contributed by atoms with Crippen molar-refractivity contribution >= 4 is 22.7 Å². The Morgan fingerprint density at radius 3 is 2.53 bits per heavy atom. The van der Waals surface area contributed by atoms with Crippen molar-refractivity contribution in [2.24, 2.45) is 0 Å². The van der Waals surface area contributed by atoms with Gasteiger partial charge in [-0.3, -0.25) is 4.98 Å². The van der Waals surface area contributed by atoms with Crippen LogP contribution in [-0.4, -0.2) is 11.2 Å². The molecular weight excluding hydrogens is 202 g/mol. The maximum absolute atomic E-state index is 4.67. The third kappa shape index (κ3) is 2.15. The van der Waals surface area contributed by atoms with Crippen molar-refractivity contribution in [1.29, 1.82) is 0 Å². The van der Waals surface area contributed by atoms with E-state index in [0.717, 1.165) is 5.52 Å². The van der Waals surface area contributed by atoms with Crippen LogP contribution in [0.1, 0.15) is 25.5 Å². The molecule has 0 aliphatic rings. The van der Waals surface area contributed by atoms with Gasteiger partial charge < -0.3 is 0 Å². The molecule has 0 atom stereocenters. The molecule has 0 saturated heterocycles. The Bertz CT molecular complexity index is 477. The third-order valence-electron chi connectivity index (χ3n) is 2.51. The quantitative estimate of drug-likeness (QED) is 0.703. The molecule has 15 heavy (non-hydrogen) atoms. The van der Waals surface area contributed by atoms with Crippen LogP contribution in [0.25, 0.3) is 10.9 Å². The van der Waals surface area contributed by atoms with E-state index in [9.17, 15) is 0 Å². The van der Waals surface area contributed by atoms with E-state index in [2.05, 4.69) is 55.4 Å². The maximum atomic E-state index is 4.67. The molecule has 2 rings (SSSR count). The van der Waals surface area contributed by atoms with Crippen molar-refractivity contribution < 1.29 is 0 Å². The summed E-state index contributed by atoms with van der Waals surface area (Å²) in [4.78, 5) is 5.94. The van der Waals surface area contributed by atoms with Gasteiger partial charge in [0.05, 0.1) is 5.52 Å². The first kappa shape index (κ1) is 10.5. The van der Waals surface area contributed by atoms with E-state index in [4.69, 9.17) is 0 Å². The van der Waals surface area contributed by atoms with Crippen LogP contribution in [0.2, 0.25) is 0 Å². The van der Waals surface area contributed by atoms with Gasteiger partial charge in [-0.05, 0) is 30.4 Å². The molecule has 0 aliphatic heterocycles. The summed E-state index contributed by atoms with van der Waals surface area (Å²) in [7, 11) is 0. The summed E-state index contributed by atoms with van der Waals surface area (Å²) in [5.74, 6) is 0.493. The molecule has 0 amide bonds. The third-order valence-corrected chi connectivity index (χ3v) is 3.24. The van der Waals surface area contributed by atoms with Crippen LogP contribution in [-0.2, 0) is 0 Å². The summed E-state index contributed by atoms with van der Waals surface area (Å²) in [6, 6.07) is 10.7. The lowest BCUT2D eigenvalue weighted by Gasteiger charge is -2.06. The Hall–Kier alpha value is -1.02. The van der Waals surface area contributed by atoms with Gasteiger partial charge in [0.1, 0.15) is 0 Å². The van der Waals surface area contributed by atoms with Gasteiger partial charge in [0, 0.05) is 16.0 Å². The van der Waals surface area contributed by atoms with Crippen LogP contribution in [0.5, 0.6) is 0 Å². The summed E-state index contributed by atoms with van der Waals surface area (Å²) in [6.45, 7) is 4.35. The number of pyridine rings is 1. The molecule has 0 fully saturated rings. The molecule has 1 aromatic carbocycles. The second-order valence-corrected chi connectivity index (χ2v) is 4.83. The van der Waals surface area contributed by atoms with Gasteiger partial charge in [-0.2, -0.15) is 0 Å². The monoisotopic (exact) mass is 217 g/mol. The van der Waals surface area contributed by atoms with Gasteiger partial charge >= 0.3 is 0 Å². The molecule has 0 unspecified atom stereocenters. The van der Waals surface area contributed by atoms with Crippen molar-refractivity contribution in [3.05, 3.63) is 36.0 Å². The van der Waals surface area contributed by atoms with Crippen LogP contribution in [0.15, 0.2) is 35.2 Å². The van der Waals surface area contributed by atoms with Crippen LogP contribution in [0.3, 0.4) is 0 Å². The minimum absolute atomic E-state index is 0.493. The Morgan fingerprint density at radius 1 is 1.13 bits per heavy atom. The number of hydrogen-bond acceptors (Lipinski definition) is 2. The molecule has 78 valence electrons. The fraction of sp³-hybridized carbons (Fsp3) is 0.308. The van der Waals surface area contributed by atoms with Crippen molar-refractivity contribution in [3.8, 4) is 0 Å². The minimum Gasteiger partial charge on any atom is -0.253 e. The van der Waals surface area contributed by atoms with Crippen LogP contribution >= 0.6 is 11.8 Å². The van der Waals surface area contributed by atoms with E-state index in [0.29, 0.717) is 5.92 Å². The lowest BCUT2D eigenvalue weighted by Crippen LogP contribution is -1.92. The van der Waals surface area contributed by atoms with Crippen LogP contribution in [0, 0.1) is 0 Å². The summed E-state index contributed by atoms with van der Waals surface area (Å²) in [5, 5.41) is 1.22. The van der Waals surface area contributed by atoms with E-state index < -0.39 is 0 Å². The molecule has 2 heteroatoms. The van der Waals surface area contributed by atoms with E-state index in [1.54, 1.807) is 11.8 Å². The number of benzene rings is 1. The van der Waals surface area contributed by atoms with E-state index >= 15 is 0 Å². The average molecular weight is 217 g/mol. The normalized spacial score (nSPS) is 11.2. The van der Waals surface area contributed by atoms with Gasteiger partial charge in [-0.1, -0.05) is 26.0 Å². The van der Waals surface area contributed by atoms with Gasteiger partial charge in [0.2, 0.25) is 0 Å². The standard InChI is InChI=1S/C13H15NS/c1-9(2)12-7-5-10-4-6-11(15-3)8-13(10)14-12/h4-9H,1-3H3. The highest BCUT2D eigenvalue weighted by atomic mass is 32.2. The van der Waals surface area contributed by atoms with Crippen molar-refractivity contribution in [3.63, 3.8) is 0 Å². The SMILES string of the molecule is CSc1ccc2ccc(C(C)C)nc2c1. The van der Waals surface area contributed by atoms with E-state index in [1.807, 2.05) is 0 Å². The van der Waals surface area contributed by atoms with Crippen LogP contribution in [0.4, 0.5) is 0 Å². The molecular formula is C13H15NS. The zero-order valence-corrected chi connectivity index (χ0v) is 10.1. The molecule has 0 bridgehead atoms. The second-order valence-electron chi connectivity index (χ2n) is 3.95. The fourth-order valence-electron chi connectivity index (χ4n) is 1.56. The van der Waals surface area contributed by atoms with Gasteiger partial charge in [0.15, 0.2) is 0 Å². The molecule has 0 spiro atoms. The Kier molecular flexibility index (Phi) is 2.96. The largest absolute Gasteiger partial charge is 0.253 e. The number of aromatic nitrogens is 1. The Morgan fingerprint density at radius 2 is 1.87 bits per heavy atom. The van der Waals surface area contributed by atoms with Crippen molar-refractivity contribution in [2.45, 2.75) is 24.7 Å². The molecule has 0 N–H and O–H groups in total. The summed E-state index contributed by atoms with van der Waals surface area (Å²) in [5.41, 5.74) is 2.27. The highest BCUT2D eigenvalue weighted by molar-refractivity contribution is 7.98. The molecule has 0 saturated carbocycles. The number of thioether (sulfide) groups is 1. The Balaban J connectivity index is 2.57. The minimum atomic E-state index is 0.493. The van der Waals surface area contributed by atoms with Gasteiger partial charge in [0.25, 0.3) is 0 Å². The first-order chi connectivity index (χ1) is 7.20. The highest BCUT2D eigenvalue weighted by Gasteiger charge is 2.02. The molecule has 1 aromatic heterocycles. The average Bonchev–Trinajstić information content (AvgIpc) is 2.27. The first-order valence-corrected chi connectivity index (χ1v) is 6.38. The van der Waals surface area contributed by atoms with E-state index in [-0.39, 0.29) is 0 Å². The number of rotatable bonds is 2. The van der Waals surface area contributed by atoms with Crippen molar-refractivity contribution in [1.82, 2.24) is 4.98 Å². The maximum Gasteiger partial charge on any atom is 0.0716 e. The topological polar surface area (TPSA) is 12.9 Å². The molecule has 1 heterocycles. The number of nitrogens with zero attached hydrogens (tertiary/aromatic N) is 1. The fourth-order valence-corrected chi connectivity index (χ4v) is 1.99. The molecule has 0 aliphatic carbocycles. The smallest absolute Gasteiger partial charge is 0.0716 e. The number of hydrogen-bond donors (Lipinski definition) is 0. The number of fused-ring (bicyclic) bond motifs is 1. The lowest BCUT2D eigenvalue weighted by atomic mass is 10.1. The summed E-state index contributed by atoms with van der Waals surface area (Å²) < 4.78 is 0. The van der Waals surface area contributed by atoms with Crippen molar-refractivity contribution in [2.75, 3.05) is 6.26 Å². The summed E-state index contributed by atoms with van der Waals surface area (Å²) in [6.07, 6.45) is 2.09. The Labute approximate surface area is 94.9 Å². The zero-order chi connectivity index (χ0) is 10.8. The predicted molar refractivity (Wildman–Crippen MR) is 67.6 cm³/mol. The van der Waals surface area contributed by atoms with Gasteiger partial charge in [-0.25, -0.2) is 0 Å². The van der Waals surface area contributed by atoms with E-state index in [1.165, 1.54) is 16.0 Å². The zero-order valence-electron chi connectivity index (χ0n) is 9.32. The molecule has 0 radical (unpaired) electrons. The predicted octanol–water partition coefficient (Wildman–Crippen LogP) is 4.08. The second kappa shape index (κ2) is 4.23. The van der Waals surface area contributed by atoms with Gasteiger partial charge in [-0.15, -0.1) is 11.8 Å². The highest BCUT2D eigenvalue weighted by Crippen LogP contribution is 2.22. The molecule has 2 aromatic rings. The summed E-state index contributed by atoms with van der Waals surface area (Å²) >= 11 is 1.76. The van der Waals surface area contributed by atoms with Crippen LogP contribution < -0.4 is 0 Å². The lowest BCUT2D eigenvalue weighted by molar-refractivity contribution is 0.830. The first-order valence-electron chi connectivity index (χ1n) is 5.15.